The Hall–Kier alpha value is -1.66. The van der Waals surface area contributed by atoms with Gasteiger partial charge >= 0.3 is 0 Å². The Morgan fingerprint density at radius 3 is 2.05 bits per heavy atom. The molecule has 110 valence electrons. The van der Waals surface area contributed by atoms with E-state index < -0.39 is 41.3 Å². The van der Waals surface area contributed by atoms with Crippen molar-refractivity contribution in [1.82, 2.24) is 0 Å². The third-order valence-electron chi connectivity index (χ3n) is 3.21. The van der Waals surface area contributed by atoms with Gasteiger partial charge in [-0.05, 0) is 25.2 Å². The fourth-order valence-electron chi connectivity index (χ4n) is 2.07. The molecule has 2 nitrogen and oxygen atoms in total. The minimum absolute atomic E-state index is 0.450. The van der Waals surface area contributed by atoms with Crippen LogP contribution in [0.2, 0.25) is 0 Å². The predicted molar refractivity (Wildman–Crippen MR) is 61.5 cm³/mol. The van der Waals surface area contributed by atoms with Gasteiger partial charge in [-0.3, -0.25) is 0 Å². The summed E-state index contributed by atoms with van der Waals surface area (Å²) in [6, 6.07) is 0. The van der Waals surface area contributed by atoms with Crippen LogP contribution in [0.1, 0.15) is 31.7 Å². The average molecular weight is 293 g/mol. The number of benzene rings is 1. The number of rotatable bonds is 3. The first-order chi connectivity index (χ1) is 9.41. The van der Waals surface area contributed by atoms with Gasteiger partial charge in [0.1, 0.15) is 6.61 Å². The largest absolute Gasteiger partial charge is 0.391 e. The Kier molecular flexibility index (Phi) is 4.25. The molecule has 0 aliphatic heterocycles. The van der Waals surface area contributed by atoms with Crippen LogP contribution in [0.3, 0.4) is 0 Å². The number of oxime groups is 1. The summed E-state index contributed by atoms with van der Waals surface area (Å²) in [5.41, 5.74) is -0.293. The van der Waals surface area contributed by atoms with E-state index in [4.69, 9.17) is 4.84 Å². The molecule has 1 unspecified atom stereocenters. The van der Waals surface area contributed by atoms with Gasteiger partial charge in [0.05, 0.1) is 11.3 Å². The van der Waals surface area contributed by atoms with Crippen LogP contribution in [-0.4, -0.2) is 5.71 Å². The molecule has 0 heterocycles. The van der Waals surface area contributed by atoms with Gasteiger partial charge in [-0.1, -0.05) is 12.1 Å². The Morgan fingerprint density at radius 1 is 1.00 bits per heavy atom. The Morgan fingerprint density at radius 2 is 1.55 bits per heavy atom. The topological polar surface area (TPSA) is 21.6 Å². The van der Waals surface area contributed by atoms with Gasteiger partial charge in [0, 0.05) is 0 Å². The first kappa shape index (κ1) is 14.7. The smallest absolute Gasteiger partial charge is 0.200 e. The molecular weight excluding hydrogens is 281 g/mol. The molecule has 20 heavy (non-hydrogen) atoms. The summed E-state index contributed by atoms with van der Waals surface area (Å²) in [5, 5.41) is 3.68. The summed E-state index contributed by atoms with van der Waals surface area (Å²) in [6.45, 7) is 1.22. The lowest BCUT2D eigenvalue weighted by Crippen LogP contribution is -2.08. The quantitative estimate of drug-likeness (QED) is 0.356. The SMILES string of the molecule is CC1CC/C(=N\OCc2c(F)c(F)c(F)c(F)c2F)C1. The zero-order valence-electron chi connectivity index (χ0n) is 10.7. The number of hydrogen-bond acceptors (Lipinski definition) is 2. The van der Waals surface area contributed by atoms with Gasteiger partial charge in [-0.15, -0.1) is 0 Å². The van der Waals surface area contributed by atoms with Crippen molar-refractivity contribution in [2.75, 3.05) is 0 Å². The molecule has 1 aromatic rings. The molecule has 0 saturated heterocycles. The van der Waals surface area contributed by atoms with Crippen molar-refractivity contribution in [3.63, 3.8) is 0 Å². The zero-order chi connectivity index (χ0) is 14.9. The van der Waals surface area contributed by atoms with E-state index in [0.29, 0.717) is 18.8 Å². The predicted octanol–water partition coefficient (Wildman–Crippen LogP) is 4.07. The van der Waals surface area contributed by atoms with E-state index in [-0.39, 0.29) is 0 Å². The first-order valence-electron chi connectivity index (χ1n) is 6.09. The number of hydrogen-bond donors (Lipinski definition) is 0. The van der Waals surface area contributed by atoms with Crippen molar-refractivity contribution in [3.8, 4) is 0 Å². The molecule has 1 aliphatic carbocycles. The van der Waals surface area contributed by atoms with Gasteiger partial charge in [-0.25, -0.2) is 22.0 Å². The summed E-state index contributed by atoms with van der Waals surface area (Å²) < 4.78 is 65.3. The normalized spacial score (nSPS) is 20.7. The molecule has 0 spiro atoms. The first-order valence-corrected chi connectivity index (χ1v) is 6.09. The maximum absolute atomic E-state index is 13.3. The highest BCUT2D eigenvalue weighted by molar-refractivity contribution is 5.85. The van der Waals surface area contributed by atoms with Crippen molar-refractivity contribution in [1.29, 1.82) is 0 Å². The van der Waals surface area contributed by atoms with Crippen molar-refractivity contribution in [2.45, 2.75) is 32.8 Å². The highest BCUT2D eigenvalue weighted by Crippen LogP contribution is 2.25. The van der Waals surface area contributed by atoms with Crippen molar-refractivity contribution >= 4 is 5.71 Å². The minimum Gasteiger partial charge on any atom is -0.391 e. The second kappa shape index (κ2) is 5.76. The van der Waals surface area contributed by atoms with Gasteiger partial charge in [0.15, 0.2) is 23.3 Å². The van der Waals surface area contributed by atoms with Crippen LogP contribution < -0.4 is 0 Å². The third kappa shape index (κ3) is 2.76. The highest BCUT2D eigenvalue weighted by Gasteiger charge is 2.26. The Balaban J connectivity index is 2.14. The van der Waals surface area contributed by atoms with E-state index in [2.05, 4.69) is 5.16 Å². The molecule has 1 saturated carbocycles. The molecular formula is C13H12F5NO. The molecule has 1 aliphatic rings. The van der Waals surface area contributed by atoms with Gasteiger partial charge in [0.25, 0.3) is 0 Å². The standard InChI is InChI=1S/C13H12F5NO/c1-6-2-3-7(4-6)19-20-5-8-9(14)11(16)13(18)12(17)10(8)15/h6H,2-5H2,1H3/b19-7+. The van der Waals surface area contributed by atoms with Gasteiger partial charge in [0.2, 0.25) is 5.82 Å². The van der Waals surface area contributed by atoms with Crippen LogP contribution in [-0.2, 0) is 11.4 Å². The Bertz CT molecular complexity index is 529. The molecule has 0 amide bonds. The highest BCUT2D eigenvalue weighted by atomic mass is 19.2. The van der Waals surface area contributed by atoms with Crippen LogP contribution in [0.15, 0.2) is 5.16 Å². The van der Waals surface area contributed by atoms with Crippen LogP contribution in [0, 0.1) is 35.0 Å². The van der Waals surface area contributed by atoms with Crippen molar-refractivity contribution < 1.29 is 26.8 Å². The minimum atomic E-state index is -2.18. The van der Waals surface area contributed by atoms with Crippen LogP contribution in [0.25, 0.3) is 0 Å². The van der Waals surface area contributed by atoms with E-state index in [0.717, 1.165) is 12.1 Å². The average Bonchev–Trinajstić information content (AvgIpc) is 2.84. The lowest BCUT2D eigenvalue weighted by Gasteiger charge is -2.07. The van der Waals surface area contributed by atoms with Crippen molar-refractivity contribution in [3.05, 3.63) is 34.6 Å². The van der Waals surface area contributed by atoms with E-state index in [9.17, 15) is 22.0 Å². The summed E-state index contributed by atoms with van der Waals surface area (Å²) >= 11 is 0. The van der Waals surface area contributed by atoms with Gasteiger partial charge in [-0.2, -0.15) is 0 Å². The Labute approximate surface area is 112 Å². The third-order valence-corrected chi connectivity index (χ3v) is 3.21. The van der Waals surface area contributed by atoms with E-state index in [1.54, 1.807) is 0 Å². The lowest BCUT2D eigenvalue weighted by atomic mass is 10.1. The van der Waals surface area contributed by atoms with Crippen LogP contribution in [0.5, 0.6) is 0 Å². The van der Waals surface area contributed by atoms with Crippen molar-refractivity contribution in [2.24, 2.45) is 11.1 Å². The summed E-state index contributed by atoms with van der Waals surface area (Å²) in [4.78, 5) is 4.72. The summed E-state index contributed by atoms with van der Waals surface area (Å²) in [5.74, 6) is -9.47. The summed E-state index contributed by atoms with van der Waals surface area (Å²) in [6.07, 6.45) is 2.35. The molecule has 1 atom stereocenters. The van der Waals surface area contributed by atoms with Crippen LogP contribution in [0.4, 0.5) is 22.0 Å². The maximum Gasteiger partial charge on any atom is 0.200 e. The fourth-order valence-corrected chi connectivity index (χ4v) is 2.07. The fraction of sp³-hybridized carbons (Fsp3) is 0.462. The lowest BCUT2D eigenvalue weighted by molar-refractivity contribution is 0.122. The number of nitrogens with zero attached hydrogens (tertiary/aromatic N) is 1. The molecule has 0 N–H and O–H groups in total. The number of halogens is 5. The molecule has 2 rings (SSSR count). The van der Waals surface area contributed by atoms with Gasteiger partial charge < -0.3 is 4.84 Å². The molecule has 1 aromatic carbocycles. The summed E-state index contributed by atoms with van der Waals surface area (Å²) in [7, 11) is 0. The second-order valence-electron chi connectivity index (χ2n) is 4.83. The van der Waals surface area contributed by atoms with E-state index in [1.165, 1.54) is 0 Å². The van der Waals surface area contributed by atoms with Crippen LogP contribution >= 0.6 is 0 Å². The molecule has 0 bridgehead atoms. The molecule has 7 heteroatoms. The monoisotopic (exact) mass is 293 g/mol. The van der Waals surface area contributed by atoms with E-state index in [1.807, 2.05) is 6.92 Å². The molecule has 1 fully saturated rings. The zero-order valence-corrected chi connectivity index (χ0v) is 10.7. The second-order valence-corrected chi connectivity index (χ2v) is 4.83. The maximum atomic E-state index is 13.3. The molecule has 0 aromatic heterocycles. The molecule has 0 radical (unpaired) electrons. The van der Waals surface area contributed by atoms with E-state index >= 15 is 0 Å².